The van der Waals surface area contributed by atoms with Gasteiger partial charge in [-0.2, -0.15) is 5.10 Å². The van der Waals surface area contributed by atoms with Gasteiger partial charge in [-0.05, 0) is 204 Å². The molecule has 0 saturated carbocycles. The standard InChI is InChI=1S/3C13H16N2O.C11H13N3O/c1-6-7(2)11-9(4)14-10(5)15-12(11)13(16)8(6)3;1-6-7(2)12-11(13(16)8(6)3)9(4)10(5)14-15-12;1-6-7(2)11-12(13(16)8(6)3)15-10(5)9(4)14-11;1-5-6(2)9-10(11(15)7(5)3)12-8(4)13-14-9/h3*16H,1-5H3;15H,1-4H3. The third kappa shape index (κ3) is 8.61. The lowest BCUT2D eigenvalue weighted by Crippen LogP contribution is -1.99. The SMILES string of the molecule is Cc1nc(C)c2c(C)c(C)c(C)c(O)c2n1.Cc1nc2c(C)c(C)c(C)c(O)c2nc1C.Cc1nnc2c(C)c(C)c(C)c(O)c2c1C.Cc1nnc2c(C)c(C)c(C)c(O)c2n1. The highest BCUT2D eigenvalue weighted by atomic mass is 16.3. The van der Waals surface area contributed by atoms with Crippen LogP contribution < -0.4 is 0 Å². The Kier molecular flexibility index (Phi) is 13.5. The van der Waals surface area contributed by atoms with Gasteiger partial charge in [0.2, 0.25) is 0 Å². The monoisotopic (exact) mass is 851 g/mol. The summed E-state index contributed by atoms with van der Waals surface area (Å²) in [4.78, 5) is 21.8. The molecule has 13 heteroatoms. The van der Waals surface area contributed by atoms with E-state index < -0.39 is 0 Å². The highest BCUT2D eigenvalue weighted by Gasteiger charge is 2.18. The molecular weight excluding hydrogens is 791 g/mol. The van der Waals surface area contributed by atoms with Crippen LogP contribution >= 0.6 is 0 Å². The molecule has 0 saturated heterocycles. The molecule has 4 N–H and O–H groups in total. The van der Waals surface area contributed by atoms with Gasteiger partial charge in [-0.15, -0.1) is 15.3 Å². The number of nitrogens with zero attached hydrogens (tertiary/aromatic N) is 9. The number of aromatic nitrogens is 9. The van der Waals surface area contributed by atoms with Crippen molar-refractivity contribution in [2.24, 2.45) is 0 Å². The summed E-state index contributed by atoms with van der Waals surface area (Å²) >= 11 is 0. The van der Waals surface area contributed by atoms with Gasteiger partial charge in [0.15, 0.2) is 0 Å². The second-order valence-corrected chi connectivity index (χ2v) is 16.8. The molecule has 0 amide bonds. The number of benzene rings is 4. The Bertz CT molecular complexity index is 3090. The van der Waals surface area contributed by atoms with Gasteiger partial charge in [0.25, 0.3) is 0 Å². The van der Waals surface area contributed by atoms with Crippen molar-refractivity contribution in [3.8, 4) is 23.0 Å². The van der Waals surface area contributed by atoms with Crippen LogP contribution in [0.5, 0.6) is 23.0 Å². The van der Waals surface area contributed by atoms with E-state index in [2.05, 4.69) is 52.2 Å². The Hall–Kier alpha value is -6.63. The van der Waals surface area contributed by atoms with Gasteiger partial charge in [-0.1, -0.05) is 0 Å². The molecule has 8 aromatic rings. The zero-order chi connectivity index (χ0) is 47.3. The van der Waals surface area contributed by atoms with Crippen LogP contribution in [0.15, 0.2) is 0 Å². The van der Waals surface area contributed by atoms with E-state index in [0.29, 0.717) is 39.5 Å². The lowest BCUT2D eigenvalue weighted by atomic mass is 9.96. The summed E-state index contributed by atoms with van der Waals surface area (Å²) < 4.78 is 0. The summed E-state index contributed by atoms with van der Waals surface area (Å²) in [5.41, 5.74) is 21.0. The first kappa shape index (κ1) is 47.4. The van der Waals surface area contributed by atoms with Gasteiger partial charge < -0.3 is 20.4 Å². The van der Waals surface area contributed by atoms with Gasteiger partial charge in [0.1, 0.15) is 62.2 Å². The average molecular weight is 852 g/mol. The van der Waals surface area contributed by atoms with E-state index >= 15 is 0 Å². The van der Waals surface area contributed by atoms with E-state index in [4.69, 9.17) is 0 Å². The topological polar surface area (TPSA) is 197 Å². The molecule has 13 nitrogen and oxygen atoms in total. The van der Waals surface area contributed by atoms with Gasteiger partial charge in [0, 0.05) is 16.5 Å². The van der Waals surface area contributed by atoms with Gasteiger partial charge in [-0.3, -0.25) is 0 Å². The maximum atomic E-state index is 10.2. The number of hydrogen-bond donors (Lipinski definition) is 4. The number of rotatable bonds is 0. The molecule has 0 unspecified atom stereocenters. The van der Waals surface area contributed by atoms with Crippen LogP contribution in [0.2, 0.25) is 0 Å². The molecule has 63 heavy (non-hydrogen) atoms. The minimum absolute atomic E-state index is 0.214. The second kappa shape index (κ2) is 18.0. The van der Waals surface area contributed by atoms with E-state index in [1.807, 2.05) is 118 Å². The number of aromatic hydroxyl groups is 4. The van der Waals surface area contributed by atoms with Crippen LogP contribution in [0.3, 0.4) is 0 Å². The first-order valence-corrected chi connectivity index (χ1v) is 20.9. The Balaban J connectivity index is 0.000000158. The third-order valence-corrected chi connectivity index (χ3v) is 13.0. The normalized spacial score (nSPS) is 11.0. The lowest BCUT2D eigenvalue weighted by molar-refractivity contribution is 0.474. The van der Waals surface area contributed by atoms with Crippen molar-refractivity contribution in [3.05, 3.63) is 107 Å². The van der Waals surface area contributed by atoms with Crippen molar-refractivity contribution in [2.75, 3.05) is 0 Å². The Morgan fingerprint density at radius 2 is 0.619 bits per heavy atom. The highest BCUT2D eigenvalue weighted by Crippen LogP contribution is 2.37. The van der Waals surface area contributed by atoms with Gasteiger partial charge in [-0.25, -0.2) is 24.9 Å². The van der Waals surface area contributed by atoms with Crippen molar-refractivity contribution in [2.45, 2.75) is 132 Å². The molecule has 0 aliphatic carbocycles. The molecule has 0 spiro atoms. The Labute approximate surface area is 369 Å². The fourth-order valence-corrected chi connectivity index (χ4v) is 7.62. The fourth-order valence-electron chi connectivity index (χ4n) is 7.62. The molecule has 0 atom stereocenters. The van der Waals surface area contributed by atoms with E-state index in [9.17, 15) is 20.4 Å². The van der Waals surface area contributed by atoms with Gasteiger partial charge in [0.05, 0.1) is 22.6 Å². The molecule has 8 rings (SSSR count). The van der Waals surface area contributed by atoms with Crippen LogP contribution in [-0.4, -0.2) is 65.7 Å². The predicted octanol–water partition coefficient (Wildman–Crippen LogP) is 10.6. The fraction of sp³-hybridized carbons (Fsp3) is 0.380. The number of fused-ring (bicyclic) bond motifs is 4. The largest absolute Gasteiger partial charge is 0.507 e. The molecule has 0 aliphatic heterocycles. The van der Waals surface area contributed by atoms with Crippen LogP contribution in [0.25, 0.3) is 43.9 Å². The maximum Gasteiger partial charge on any atom is 0.148 e. The molecule has 4 heterocycles. The number of phenols is 4. The molecule has 0 radical (unpaired) electrons. The number of hydrogen-bond acceptors (Lipinski definition) is 13. The molecule has 0 bridgehead atoms. The van der Waals surface area contributed by atoms with Crippen molar-refractivity contribution in [1.82, 2.24) is 45.3 Å². The van der Waals surface area contributed by atoms with Crippen LogP contribution in [0.4, 0.5) is 0 Å². The lowest BCUT2D eigenvalue weighted by Gasteiger charge is -2.13. The quantitative estimate of drug-likeness (QED) is 0.113. The minimum atomic E-state index is 0.214. The maximum absolute atomic E-state index is 10.2. The van der Waals surface area contributed by atoms with Crippen LogP contribution in [0, 0.1) is 132 Å². The summed E-state index contributed by atoms with van der Waals surface area (Å²) in [5.74, 6) is 2.36. The zero-order valence-corrected chi connectivity index (χ0v) is 40.3. The Morgan fingerprint density at radius 3 is 1.16 bits per heavy atom. The van der Waals surface area contributed by atoms with E-state index in [1.54, 1.807) is 6.92 Å². The summed E-state index contributed by atoms with van der Waals surface area (Å²) in [6, 6.07) is 0. The highest BCUT2D eigenvalue weighted by molar-refractivity contribution is 5.93. The summed E-state index contributed by atoms with van der Waals surface area (Å²) in [6.07, 6.45) is 0. The smallest absolute Gasteiger partial charge is 0.148 e. The zero-order valence-electron chi connectivity index (χ0n) is 40.3. The van der Waals surface area contributed by atoms with Crippen molar-refractivity contribution in [3.63, 3.8) is 0 Å². The molecule has 4 aromatic heterocycles. The predicted molar refractivity (Wildman–Crippen MR) is 253 cm³/mol. The molecular formula is C50H61N9O4. The second-order valence-electron chi connectivity index (χ2n) is 16.8. The van der Waals surface area contributed by atoms with E-state index in [1.165, 1.54) is 0 Å². The third-order valence-electron chi connectivity index (χ3n) is 13.0. The number of aryl methyl sites for hydroxylation is 11. The van der Waals surface area contributed by atoms with Crippen LogP contribution in [-0.2, 0) is 0 Å². The van der Waals surface area contributed by atoms with E-state index in [-0.39, 0.29) is 17.2 Å². The summed E-state index contributed by atoms with van der Waals surface area (Å²) in [7, 11) is 0. The van der Waals surface area contributed by atoms with Crippen LogP contribution in [0.1, 0.15) is 107 Å². The van der Waals surface area contributed by atoms with Crippen molar-refractivity contribution >= 4 is 43.9 Å². The molecule has 0 aliphatic rings. The molecule has 4 aromatic carbocycles. The van der Waals surface area contributed by atoms with Crippen molar-refractivity contribution < 1.29 is 20.4 Å². The summed E-state index contributed by atoms with van der Waals surface area (Å²) in [5, 5.41) is 58.5. The molecule has 330 valence electrons. The molecule has 0 fully saturated rings. The Morgan fingerprint density at radius 1 is 0.222 bits per heavy atom. The minimum Gasteiger partial charge on any atom is -0.507 e. The summed E-state index contributed by atoms with van der Waals surface area (Å²) in [6.45, 7) is 37.0. The number of phenolic OH excluding ortho intramolecular Hbond substituents is 4. The first-order valence-electron chi connectivity index (χ1n) is 20.9. The van der Waals surface area contributed by atoms with Crippen molar-refractivity contribution in [1.29, 1.82) is 0 Å². The first-order chi connectivity index (χ1) is 29.3. The van der Waals surface area contributed by atoms with E-state index in [0.717, 1.165) is 117 Å². The van der Waals surface area contributed by atoms with Gasteiger partial charge >= 0.3 is 0 Å². The average Bonchev–Trinajstić information content (AvgIpc) is 3.25.